The summed E-state index contributed by atoms with van der Waals surface area (Å²) in [7, 11) is 0. The minimum absolute atomic E-state index is 0.164. The molecular formula is C18H18N5O-. The van der Waals surface area contributed by atoms with Crippen molar-refractivity contribution in [2.75, 3.05) is 5.32 Å². The van der Waals surface area contributed by atoms with E-state index in [0.29, 0.717) is 12.2 Å². The number of amides is 1. The summed E-state index contributed by atoms with van der Waals surface area (Å²) in [6.45, 7) is 3.97. The number of carbonyl (C=O) groups excluding carboxylic acids is 1. The van der Waals surface area contributed by atoms with E-state index >= 15 is 0 Å². The number of hydrogen-bond donors (Lipinski definition) is 1. The first-order valence-corrected chi connectivity index (χ1v) is 7.75. The molecule has 1 N–H and O–H groups in total. The number of anilines is 1. The van der Waals surface area contributed by atoms with Gasteiger partial charge in [-0.15, -0.1) is 0 Å². The number of carbonyl (C=O) groups is 1. The third kappa shape index (κ3) is 3.48. The number of nitrogens with zero attached hydrogens (tertiary/aromatic N) is 4. The van der Waals surface area contributed by atoms with E-state index in [2.05, 4.69) is 25.9 Å². The Morgan fingerprint density at radius 1 is 1.08 bits per heavy atom. The van der Waals surface area contributed by atoms with E-state index in [1.807, 2.05) is 62.4 Å². The zero-order chi connectivity index (χ0) is 16.9. The number of tetrazole rings is 1. The van der Waals surface area contributed by atoms with Crippen molar-refractivity contribution in [2.24, 2.45) is 0 Å². The molecule has 1 amide bonds. The van der Waals surface area contributed by atoms with Gasteiger partial charge in [0.05, 0.1) is 5.92 Å². The number of nitrogens with one attached hydrogen (secondary N) is 1. The number of hydrogen-bond acceptors (Lipinski definition) is 4. The fourth-order valence-corrected chi connectivity index (χ4v) is 2.58. The Morgan fingerprint density at radius 2 is 1.79 bits per heavy atom. The first-order valence-electron chi connectivity index (χ1n) is 7.75. The molecule has 3 aromatic rings. The lowest BCUT2D eigenvalue weighted by Gasteiger charge is -2.19. The molecule has 0 saturated heterocycles. The fraction of sp³-hybridized carbons (Fsp3) is 0.222. The number of para-hydroxylation sites is 1. The van der Waals surface area contributed by atoms with Crippen LogP contribution in [-0.4, -0.2) is 21.4 Å². The van der Waals surface area contributed by atoms with Crippen LogP contribution in [0.2, 0.25) is 0 Å². The van der Waals surface area contributed by atoms with Crippen LogP contribution in [-0.2, 0) is 11.2 Å². The molecule has 0 bridgehead atoms. The van der Waals surface area contributed by atoms with Crippen LogP contribution in [0.15, 0.2) is 48.5 Å². The van der Waals surface area contributed by atoms with Crippen molar-refractivity contribution in [1.29, 1.82) is 0 Å². The van der Waals surface area contributed by atoms with Crippen LogP contribution in [0.4, 0.5) is 5.69 Å². The molecule has 6 nitrogen and oxygen atoms in total. The van der Waals surface area contributed by atoms with Gasteiger partial charge in [0.25, 0.3) is 0 Å². The van der Waals surface area contributed by atoms with Gasteiger partial charge in [-0.1, -0.05) is 42.5 Å². The van der Waals surface area contributed by atoms with Gasteiger partial charge in [0, 0.05) is 11.5 Å². The highest BCUT2D eigenvalue weighted by molar-refractivity contribution is 5.96. The van der Waals surface area contributed by atoms with Crippen LogP contribution in [0.1, 0.15) is 28.4 Å². The Hall–Kier alpha value is -3.02. The maximum Gasteiger partial charge on any atom is 0.232 e. The van der Waals surface area contributed by atoms with Gasteiger partial charge in [0.2, 0.25) is 5.91 Å². The molecule has 0 aliphatic heterocycles. The van der Waals surface area contributed by atoms with Crippen molar-refractivity contribution in [2.45, 2.75) is 26.2 Å². The maximum atomic E-state index is 12.8. The summed E-state index contributed by atoms with van der Waals surface area (Å²) in [4.78, 5) is 12.8. The smallest absolute Gasteiger partial charge is 0.232 e. The first kappa shape index (κ1) is 15.9. The lowest BCUT2D eigenvalue weighted by molar-refractivity contribution is -0.117. The maximum absolute atomic E-state index is 12.8. The summed E-state index contributed by atoms with van der Waals surface area (Å²) in [5.41, 5.74) is 3.98. The van der Waals surface area contributed by atoms with Gasteiger partial charge >= 0.3 is 0 Å². The van der Waals surface area contributed by atoms with E-state index in [1.54, 1.807) is 0 Å². The molecule has 3 rings (SSSR count). The highest BCUT2D eigenvalue weighted by Crippen LogP contribution is 2.22. The summed E-state index contributed by atoms with van der Waals surface area (Å²) in [5, 5.41) is 17.8. The molecule has 0 aliphatic rings. The molecule has 2 aromatic carbocycles. The minimum atomic E-state index is -0.541. The van der Waals surface area contributed by atoms with Gasteiger partial charge in [-0.2, -0.15) is 5.21 Å². The molecule has 6 heteroatoms. The Kier molecular flexibility index (Phi) is 4.65. The van der Waals surface area contributed by atoms with Gasteiger partial charge in [-0.3, -0.25) is 15.1 Å². The molecule has 1 heterocycles. The minimum Gasteiger partial charge on any atom is -0.335 e. The second kappa shape index (κ2) is 7.04. The van der Waals surface area contributed by atoms with Gasteiger partial charge < -0.3 is 10.4 Å². The Labute approximate surface area is 140 Å². The second-order valence-corrected chi connectivity index (χ2v) is 5.72. The van der Waals surface area contributed by atoms with E-state index in [0.717, 1.165) is 22.4 Å². The van der Waals surface area contributed by atoms with E-state index in [9.17, 15) is 4.79 Å². The molecule has 0 saturated carbocycles. The molecule has 0 aliphatic carbocycles. The predicted molar refractivity (Wildman–Crippen MR) is 90.6 cm³/mol. The van der Waals surface area contributed by atoms with Gasteiger partial charge in [0.1, 0.15) is 0 Å². The molecular weight excluding hydrogens is 302 g/mol. The third-order valence-corrected chi connectivity index (χ3v) is 4.05. The number of aryl methyl sites for hydroxylation is 2. The molecule has 0 radical (unpaired) electrons. The monoisotopic (exact) mass is 320 g/mol. The van der Waals surface area contributed by atoms with E-state index < -0.39 is 5.92 Å². The molecule has 1 atom stereocenters. The highest BCUT2D eigenvalue weighted by atomic mass is 16.1. The van der Waals surface area contributed by atoms with E-state index in [-0.39, 0.29) is 5.91 Å². The van der Waals surface area contributed by atoms with Crippen molar-refractivity contribution in [1.82, 2.24) is 20.6 Å². The largest absolute Gasteiger partial charge is 0.335 e. The van der Waals surface area contributed by atoms with Gasteiger partial charge in [0.15, 0.2) is 0 Å². The normalized spacial score (nSPS) is 11.9. The van der Waals surface area contributed by atoms with Crippen molar-refractivity contribution in [3.8, 4) is 0 Å². The van der Waals surface area contributed by atoms with Gasteiger partial charge in [-0.25, -0.2) is 0 Å². The molecule has 122 valence electrons. The standard InChI is InChI=1S/C18H19N5O/c1-12-7-3-5-9-14(12)11-15(17-20-22-23-21-17)18(24)19-16-10-6-4-8-13(16)2/h3-10,15H,11H2,1-2H3,(H2,19,20,21,22,23,24)/p-1/t15-/m1/s1. The lowest BCUT2D eigenvalue weighted by atomic mass is 9.94. The predicted octanol–water partition coefficient (Wildman–Crippen LogP) is 2.41. The average molecular weight is 320 g/mol. The molecule has 0 spiro atoms. The van der Waals surface area contributed by atoms with Crippen LogP contribution in [0, 0.1) is 13.8 Å². The summed E-state index contributed by atoms with van der Waals surface area (Å²) in [6, 6.07) is 15.6. The van der Waals surface area contributed by atoms with Crippen LogP contribution >= 0.6 is 0 Å². The molecule has 0 fully saturated rings. The van der Waals surface area contributed by atoms with E-state index in [4.69, 9.17) is 0 Å². The second-order valence-electron chi connectivity index (χ2n) is 5.72. The molecule has 1 aromatic heterocycles. The van der Waals surface area contributed by atoms with Crippen molar-refractivity contribution in [3.63, 3.8) is 0 Å². The summed E-state index contributed by atoms with van der Waals surface area (Å²) < 4.78 is 0. The lowest BCUT2D eigenvalue weighted by Crippen LogP contribution is -2.25. The highest BCUT2D eigenvalue weighted by Gasteiger charge is 2.22. The van der Waals surface area contributed by atoms with Crippen LogP contribution in [0.25, 0.3) is 0 Å². The number of benzene rings is 2. The van der Waals surface area contributed by atoms with Crippen LogP contribution in [0.5, 0.6) is 0 Å². The zero-order valence-electron chi connectivity index (χ0n) is 13.6. The Bertz CT molecular complexity index is 829. The molecule has 24 heavy (non-hydrogen) atoms. The van der Waals surface area contributed by atoms with Gasteiger partial charge in [-0.05, 0) is 43.0 Å². The Morgan fingerprint density at radius 3 is 2.46 bits per heavy atom. The Balaban J connectivity index is 1.87. The first-order chi connectivity index (χ1) is 11.6. The average Bonchev–Trinajstić information content (AvgIpc) is 3.10. The summed E-state index contributed by atoms with van der Waals surface area (Å²) in [5.74, 6) is -0.368. The SMILES string of the molecule is Cc1ccccc1C[C@@H](C(=O)Nc1ccccc1C)c1nnn[n-]1. The zero-order valence-corrected chi connectivity index (χ0v) is 13.6. The topological polar surface area (TPSA) is 81.9 Å². The van der Waals surface area contributed by atoms with E-state index in [1.165, 1.54) is 0 Å². The summed E-state index contributed by atoms with van der Waals surface area (Å²) in [6.07, 6.45) is 0.498. The van der Waals surface area contributed by atoms with Crippen LogP contribution in [0.3, 0.4) is 0 Å². The van der Waals surface area contributed by atoms with Crippen molar-refractivity contribution < 1.29 is 4.79 Å². The third-order valence-electron chi connectivity index (χ3n) is 4.05. The number of rotatable bonds is 5. The summed E-state index contributed by atoms with van der Waals surface area (Å²) >= 11 is 0. The van der Waals surface area contributed by atoms with Crippen LogP contribution < -0.4 is 10.4 Å². The van der Waals surface area contributed by atoms with Crippen molar-refractivity contribution >= 4 is 11.6 Å². The van der Waals surface area contributed by atoms with Crippen molar-refractivity contribution in [3.05, 3.63) is 71.0 Å². The quantitative estimate of drug-likeness (QED) is 0.780. The fourth-order valence-electron chi connectivity index (χ4n) is 2.58. The number of aromatic nitrogens is 4. The molecule has 0 unspecified atom stereocenters.